The molecule has 0 amide bonds. The Bertz CT molecular complexity index is 410. The molecule has 1 saturated heterocycles. The van der Waals surface area contributed by atoms with Gasteiger partial charge in [-0.3, -0.25) is 0 Å². The molecule has 0 spiro atoms. The van der Waals surface area contributed by atoms with E-state index in [2.05, 4.69) is 22.9 Å². The van der Waals surface area contributed by atoms with Gasteiger partial charge in [0.15, 0.2) is 0 Å². The summed E-state index contributed by atoms with van der Waals surface area (Å²) in [6.07, 6.45) is 2.67. The molecule has 84 valence electrons. The highest BCUT2D eigenvalue weighted by Gasteiger charge is 2.23. The van der Waals surface area contributed by atoms with Crippen LogP contribution in [-0.4, -0.2) is 24.1 Å². The fraction of sp³-hybridized carbons (Fsp3) is 0.500. The summed E-state index contributed by atoms with van der Waals surface area (Å²) in [5, 5.41) is 8.84. The van der Waals surface area contributed by atoms with E-state index in [9.17, 15) is 0 Å². The first kappa shape index (κ1) is 10.9. The largest absolute Gasteiger partial charge is 0.356 e. The molecule has 0 aliphatic carbocycles. The van der Waals surface area contributed by atoms with Crippen LogP contribution in [0.2, 0.25) is 0 Å². The van der Waals surface area contributed by atoms with E-state index in [-0.39, 0.29) is 6.04 Å². The lowest BCUT2D eigenvalue weighted by Crippen LogP contribution is -2.46. The molecule has 0 saturated carbocycles. The Balaban J connectivity index is 2.16. The summed E-state index contributed by atoms with van der Waals surface area (Å²) in [5.74, 6) is 1.36. The van der Waals surface area contributed by atoms with Crippen LogP contribution in [0.25, 0.3) is 0 Å². The molecule has 2 rings (SSSR count). The van der Waals surface area contributed by atoms with Gasteiger partial charge in [-0.1, -0.05) is 6.92 Å². The predicted molar refractivity (Wildman–Crippen MR) is 62.9 cm³/mol. The molecule has 1 aromatic rings. The Morgan fingerprint density at radius 2 is 2.44 bits per heavy atom. The number of aromatic nitrogens is 1. The summed E-state index contributed by atoms with van der Waals surface area (Å²) in [6.45, 7) is 4.00. The fourth-order valence-corrected chi connectivity index (χ4v) is 2.03. The van der Waals surface area contributed by atoms with E-state index in [1.54, 1.807) is 12.3 Å². The average Bonchev–Trinajstić information content (AvgIpc) is 2.33. The van der Waals surface area contributed by atoms with Crippen LogP contribution >= 0.6 is 0 Å². The van der Waals surface area contributed by atoms with Gasteiger partial charge in [0.2, 0.25) is 0 Å². The molecule has 2 atom stereocenters. The monoisotopic (exact) mass is 216 g/mol. The number of anilines is 1. The number of hydrogen-bond acceptors (Lipinski definition) is 4. The standard InChI is InChI=1S/C12H16N4/c1-9-8-16(5-3-11(9)14)12-6-10(7-13)2-4-15-12/h2,4,6,9,11H,3,5,8,14H2,1H3. The zero-order chi connectivity index (χ0) is 11.5. The second-order valence-corrected chi connectivity index (χ2v) is 4.39. The van der Waals surface area contributed by atoms with E-state index < -0.39 is 0 Å². The van der Waals surface area contributed by atoms with Crippen molar-refractivity contribution in [3.05, 3.63) is 23.9 Å². The maximum atomic E-state index is 8.84. The minimum Gasteiger partial charge on any atom is -0.356 e. The van der Waals surface area contributed by atoms with E-state index in [0.717, 1.165) is 25.3 Å². The van der Waals surface area contributed by atoms with Gasteiger partial charge in [0.25, 0.3) is 0 Å². The van der Waals surface area contributed by atoms with Gasteiger partial charge in [-0.15, -0.1) is 0 Å². The van der Waals surface area contributed by atoms with Crippen LogP contribution in [0.5, 0.6) is 0 Å². The first-order valence-corrected chi connectivity index (χ1v) is 5.57. The van der Waals surface area contributed by atoms with Crippen molar-refractivity contribution in [2.24, 2.45) is 11.7 Å². The number of nitrogens with zero attached hydrogens (tertiary/aromatic N) is 3. The third kappa shape index (κ3) is 2.15. The summed E-state index contributed by atoms with van der Waals surface area (Å²) < 4.78 is 0. The third-order valence-corrected chi connectivity index (χ3v) is 3.17. The Morgan fingerprint density at radius 1 is 1.62 bits per heavy atom. The molecule has 0 radical (unpaired) electrons. The Labute approximate surface area is 95.7 Å². The highest BCUT2D eigenvalue weighted by Crippen LogP contribution is 2.21. The van der Waals surface area contributed by atoms with Crippen LogP contribution in [0.4, 0.5) is 5.82 Å². The van der Waals surface area contributed by atoms with Crippen molar-refractivity contribution in [3.8, 4) is 6.07 Å². The molecule has 2 heterocycles. The van der Waals surface area contributed by atoms with Gasteiger partial charge >= 0.3 is 0 Å². The first-order chi connectivity index (χ1) is 7.70. The van der Waals surface area contributed by atoms with Crippen molar-refractivity contribution in [2.75, 3.05) is 18.0 Å². The SMILES string of the molecule is CC1CN(c2cc(C#N)ccn2)CCC1N. The lowest BCUT2D eigenvalue weighted by atomic mass is 9.95. The molecule has 1 aliphatic rings. The van der Waals surface area contributed by atoms with Gasteiger partial charge in [-0.25, -0.2) is 4.98 Å². The average molecular weight is 216 g/mol. The summed E-state index contributed by atoms with van der Waals surface area (Å²) in [7, 11) is 0. The number of nitriles is 1. The highest BCUT2D eigenvalue weighted by atomic mass is 15.2. The molecule has 1 fully saturated rings. The molecule has 0 bridgehead atoms. The smallest absolute Gasteiger partial charge is 0.129 e. The fourth-order valence-electron chi connectivity index (χ4n) is 2.03. The van der Waals surface area contributed by atoms with Gasteiger partial charge in [-0.2, -0.15) is 5.26 Å². The van der Waals surface area contributed by atoms with Gasteiger partial charge in [-0.05, 0) is 24.5 Å². The number of pyridine rings is 1. The van der Waals surface area contributed by atoms with E-state index in [0.29, 0.717) is 11.5 Å². The number of piperidine rings is 1. The van der Waals surface area contributed by atoms with Crippen molar-refractivity contribution in [2.45, 2.75) is 19.4 Å². The van der Waals surface area contributed by atoms with Crippen LogP contribution in [0.15, 0.2) is 18.3 Å². The Morgan fingerprint density at radius 3 is 3.12 bits per heavy atom. The van der Waals surface area contributed by atoms with Crippen LogP contribution in [0, 0.1) is 17.2 Å². The van der Waals surface area contributed by atoms with Gasteiger partial charge in [0.05, 0.1) is 11.6 Å². The number of nitrogens with two attached hydrogens (primary N) is 1. The third-order valence-electron chi connectivity index (χ3n) is 3.17. The molecule has 1 aliphatic heterocycles. The minimum absolute atomic E-state index is 0.287. The molecular weight excluding hydrogens is 200 g/mol. The molecule has 2 N–H and O–H groups in total. The lowest BCUT2D eigenvalue weighted by Gasteiger charge is -2.35. The Kier molecular flexibility index (Phi) is 3.07. The van der Waals surface area contributed by atoms with E-state index in [1.165, 1.54) is 0 Å². The van der Waals surface area contributed by atoms with E-state index >= 15 is 0 Å². The molecular formula is C12H16N4. The van der Waals surface area contributed by atoms with Crippen molar-refractivity contribution in [3.63, 3.8) is 0 Å². The summed E-state index contributed by atoms with van der Waals surface area (Å²) >= 11 is 0. The Hall–Kier alpha value is -1.60. The highest BCUT2D eigenvalue weighted by molar-refractivity contribution is 5.45. The normalized spacial score (nSPS) is 25.2. The van der Waals surface area contributed by atoms with E-state index in [1.807, 2.05) is 6.07 Å². The molecule has 1 aromatic heterocycles. The maximum Gasteiger partial charge on any atom is 0.129 e. The zero-order valence-corrected chi connectivity index (χ0v) is 9.43. The molecule has 16 heavy (non-hydrogen) atoms. The van der Waals surface area contributed by atoms with Crippen molar-refractivity contribution in [1.29, 1.82) is 5.26 Å². The van der Waals surface area contributed by atoms with Crippen LogP contribution < -0.4 is 10.6 Å². The zero-order valence-electron chi connectivity index (χ0n) is 9.43. The topological polar surface area (TPSA) is 65.9 Å². The van der Waals surface area contributed by atoms with Gasteiger partial charge < -0.3 is 10.6 Å². The second kappa shape index (κ2) is 4.50. The molecule has 2 unspecified atom stereocenters. The predicted octanol–water partition coefficient (Wildman–Crippen LogP) is 1.13. The van der Waals surface area contributed by atoms with Crippen LogP contribution in [0.3, 0.4) is 0 Å². The quantitative estimate of drug-likeness (QED) is 0.764. The number of hydrogen-bond donors (Lipinski definition) is 1. The van der Waals surface area contributed by atoms with Crippen molar-refractivity contribution < 1.29 is 0 Å². The van der Waals surface area contributed by atoms with Crippen LogP contribution in [-0.2, 0) is 0 Å². The minimum atomic E-state index is 0.287. The van der Waals surface area contributed by atoms with Gasteiger partial charge in [0.1, 0.15) is 5.82 Å². The summed E-state index contributed by atoms with van der Waals surface area (Å²) in [6, 6.07) is 5.98. The molecule has 0 aromatic carbocycles. The van der Waals surface area contributed by atoms with Crippen molar-refractivity contribution >= 4 is 5.82 Å². The maximum absolute atomic E-state index is 8.84. The van der Waals surface area contributed by atoms with Crippen molar-refractivity contribution in [1.82, 2.24) is 4.98 Å². The van der Waals surface area contributed by atoms with E-state index in [4.69, 9.17) is 11.0 Å². The lowest BCUT2D eigenvalue weighted by molar-refractivity contribution is 0.381. The van der Waals surface area contributed by atoms with Gasteiger partial charge in [0, 0.05) is 25.3 Å². The molecule has 4 heteroatoms. The summed E-state index contributed by atoms with van der Waals surface area (Å²) in [5.41, 5.74) is 6.63. The second-order valence-electron chi connectivity index (χ2n) is 4.39. The summed E-state index contributed by atoms with van der Waals surface area (Å²) in [4.78, 5) is 6.51. The molecule has 4 nitrogen and oxygen atoms in total. The first-order valence-electron chi connectivity index (χ1n) is 5.57. The number of rotatable bonds is 1. The van der Waals surface area contributed by atoms with Crippen LogP contribution in [0.1, 0.15) is 18.9 Å².